The lowest BCUT2D eigenvalue weighted by Crippen LogP contribution is -2.10. The van der Waals surface area contributed by atoms with Crippen molar-refractivity contribution in [3.8, 4) is 0 Å². The van der Waals surface area contributed by atoms with E-state index in [0.29, 0.717) is 18.8 Å². The zero-order chi connectivity index (χ0) is 8.97. The fraction of sp³-hybridized carbons (Fsp3) is 0.625. The number of esters is 1. The highest BCUT2D eigenvalue weighted by atomic mass is 16.6. The van der Waals surface area contributed by atoms with E-state index in [9.17, 15) is 4.79 Å². The molecular weight excluding hydrogens is 160 g/mol. The Morgan fingerprint density at radius 2 is 2.50 bits per heavy atom. The summed E-state index contributed by atoms with van der Waals surface area (Å²) in [5.74, 6) is -0.389. The SMILES string of the molecule is C/C(=C\CO)C(=O)OCC1CO1. The molecule has 1 aliphatic rings. The van der Waals surface area contributed by atoms with Gasteiger partial charge in [-0.15, -0.1) is 0 Å². The van der Waals surface area contributed by atoms with Gasteiger partial charge in [0.1, 0.15) is 12.7 Å². The van der Waals surface area contributed by atoms with Crippen LogP contribution in [0.1, 0.15) is 6.92 Å². The number of rotatable bonds is 4. The molecule has 0 amide bonds. The molecule has 0 radical (unpaired) electrons. The monoisotopic (exact) mass is 172 g/mol. The highest BCUT2D eigenvalue weighted by molar-refractivity contribution is 5.87. The van der Waals surface area contributed by atoms with E-state index in [-0.39, 0.29) is 18.7 Å². The molecule has 1 unspecified atom stereocenters. The van der Waals surface area contributed by atoms with Crippen LogP contribution in [0.2, 0.25) is 0 Å². The Labute approximate surface area is 70.8 Å². The molecule has 4 nitrogen and oxygen atoms in total. The first-order valence-corrected chi connectivity index (χ1v) is 3.80. The maximum Gasteiger partial charge on any atom is 0.333 e. The van der Waals surface area contributed by atoms with E-state index >= 15 is 0 Å². The van der Waals surface area contributed by atoms with E-state index in [1.165, 1.54) is 6.08 Å². The van der Waals surface area contributed by atoms with Crippen molar-refractivity contribution in [1.29, 1.82) is 0 Å². The minimum Gasteiger partial charge on any atom is -0.459 e. The molecule has 1 fully saturated rings. The predicted octanol–water partition coefficient (Wildman–Crippen LogP) is -0.133. The van der Waals surface area contributed by atoms with Crippen molar-refractivity contribution >= 4 is 5.97 Å². The Hall–Kier alpha value is -0.870. The maximum atomic E-state index is 11.0. The van der Waals surface area contributed by atoms with Gasteiger partial charge in [0, 0.05) is 5.57 Å². The van der Waals surface area contributed by atoms with E-state index in [1.54, 1.807) is 6.92 Å². The van der Waals surface area contributed by atoms with Crippen LogP contribution in [0.15, 0.2) is 11.6 Å². The molecule has 0 aliphatic carbocycles. The predicted molar refractivity (Wildman–Crippen MR) is 41.5 cm³/mol. The van der Waals surface area contributed by atoms with Crippen molar-refractivity contribution in [1.82, 2.24) is 0 Å². The third kappa shape index (κ3) is 3.02. The Kier molecular flexibility index (Phi) is 3.25. The van der Waals surface area contributed by atoms with Crippen LogP contribution in [0.3, 0.4) is 0 Å². The van der Waals surface area contributed by atoms with Crippen molar-refractivity contribution in [2.24, 2.45) is 0 Å². The van der Waals surface area contributed by atoms with Crippen molar-refractivity contribution in [3.05, 3.63) is 11.6 Å². The lowest BCUT2D eigenvalue weighted by atomic mass is 10.3. The van der Waals surface area contributed by atoms with E-state index in [1.807, 2.05) is 0 Å². The molecule has 0 spiro atoms. The summed E-state index contributed by atoms with van der Waals surface area (Å²) < 4.78 is 9.69. The van der Waals surface area contributed by atoms with Crippen LogP contribution in [-0.2, 0) is 14.3 Å². The number of hydrogen-bond acceptors (Lipinski definition) is 4. The number of carbonyl (C=O) groups excluding carboxylic acids is 1. The molecule has 1 N–H and O–H groups in total. The molecule has 1 heterocycles. The van der Waals surface area contributed by atoms with Crippen LogP contribution in [0.5, 0.6) is 0 Å². The number of epoxide rings is 1. The Balaban J connectivity index is 2.21. The summed E-state index contributed by atoms with van der Waals surface area (Å²) in [6.45, 7) is 2.46. The number of aliphatic hydroxyl groups is 1. The van der Waals surface area contributed by atoms with Crippen LogP contribution in [0.25, 0.3) is 0 Å². The second-order valence-corrected chi connectivity index (χ2v) is 2.62. The van der Waals surface area contributed by atoms with Crippen molar-refractivity contribution in [2.45, 2.75) is 13.0 Å². The molecule has 4 heteroatoms. The highest BCUT2D eigenvalue weighted by Gasteiger charge is 2.24. The third-order valence-corrected chi connectivity index (χ3v) is 1.52. The number of ether oxygens (including phenoxy) is 2. The lowest BCUT2D eigenvalue weighted by Gasteiger charge is -2.01. The molecule has 0 bridgehead atoms. The molecule has 12 heavy (non-hydrogen) atoms. The molecular formula is C8H12O4. The van der Waals surface area contributed by atoms with Gasteiger partial charge in [-0.3, -0.25) is 0 Å². The van der Waals surface area contributed by atoms with Gasteiger partial charge in [0.05, 0.1) is 13.2 Å². The normalized spacial score (nSPS) is 22.2. The Morgan fingerprint density at radius 1 is 1.83 bits per heavy atom. The van der Waals surface area contributed by atoms with Gasteiger partial charge in [-0.1, -0.05) is 0 Å². The van der Waals surface area contributed by atoms with Crippen molar-refractivity contribution in [2.75, 3.05) is 19.8 Å². The lowest BCUT2D eigenvalue weighted by molar-refractivity contribution is -0.139. The summed E-state index contributed by atoms with van der Waals surface area (Å²) in [6, 6.07) is 0. The molecule has 0 aromatic rings. The molecule has 1 atom stereocenters. The van der Waals surface area contributed by atoms with Gasteiger partial charge < -0.3 is 14.6 Å². The van der Waals surface area contributed by atoms with Gasteiger partial charge in [-0.2, -0.15) is 0 Å². The molecule has 0 aromatic heterocycles. The summed E-state index contributed by atoms with van der Waals surface area (Å²) in [5.41, 5.74) is 0.429. The number of aliphatic hydroxyl groups excluding tert-OH is 1. The van der Waals surface area contributed by atoms with Gasteiger partial charge in [0.25, 0.3) is 0 Å². The van der Waals surface area contributed by atoms with E-state index in [0.717, 1.165) is 0 Å². The molecule has 0 saturated carbocycles. The van der Waals surface area contributed by atoms with E-state index < -0.39 is 0 Å². The first-order chi connectivity index (χ1) is 5.74. The standard InChI is InChI=1S/C8H12O4/c1-6(2-3-9)8(10)12-5-7-4-11-7/h2,7,9H,3-5H2,1H3/b6-2+. The maximum absolute atomic E-state index is 11.0. The minimum absolute atomic E-state index is 0.0934. The average molecular weight is 172 g/mol. The molecule has 1 rings (SSSR count). The number of hydrogen-bond donors (Lipinski definition) is 1. The van der Waals surface area contributed by atoms with E-state index in [4.69, 9.17) is 14.6 Å². The van der Waals surface area contributed by atoms with Gasteiger partial charge in [0.15, 0.2) is 0 Å². The topological polar surface area (TPSA) is 59.1 Å². The van der Waals surface area contributed by atoms with Gasteiger partial charge in [-0.25, -0.2) is 4.79 Å². The van der Waals surface area contributed by atoms with Crippen LogP contribution >= 0.6 is 0 Å². The minimum atomic E-state index is -0.389. The smallest absolute Gasteiger partial charge is 0.333 e. The summed E-state index contributed by atoms with van der Waals surface area (Å²) in [5, 5.41) is 8.47. The number of carbonyl (C=O) groups is 1. The summed E-state index contributed by atoms with van der Waals surface area (Å²) >= 11 is 0. The summed E-state index contributed by atoms with van der Waals surface area (Å²) in [7, 11) is 0. The van der Waals surface area contributed by atoms with Gasteiger partial charge >= 0.3 is 5.97 Å². The van der Waals surface area contributed by atoms with Crippen LogP contribution in [-0.4, -0.2) is 37.0 Å². The van der Waals surface area contributed by atoms with Crippen LogP contribution in [0, 0.1) is 0 Å². The molecule has 0 aromatic carbocycles. The van der Waals surface area contributed by atoms with Crippen LogP contribution < -0.4 is 0 Å². The van der Waals surface area contributed by atoms with Crippen LogP contribution in [0.4, 0.5) is 0 Å². The zero-order valence-electron chi connectivity index (χ0n) is 6.95. The second kappa shape index (κ2) is 4.23. The molecule has 1 aliphatic heterocycles. The Morgan fingerprint density at radius 3 is 3.00 bits per heavy atom. The molecule has 68 valence electrons. The van der Waals surface area contributed by atoms with E-state index in [2.05, 4.69) is 0 Å². The largest absolute Gasteiger partial charge is 0.459 e. The summed E-state index contributed by atoms with van der Waals surface area (Å²) in [6.07, 6.45) is 1.51. The molecule has 1 saturated heterocycles. The Bertz CT molecular complexity index is 193. The third-order valence-electron chi connectivity index (χ3n) is 1.52. The summed E-state index contributed by atoms with van der Waals surface area (Å²) in [4.78, 5) is 11.0. The highest BCUT2D eigenvalue weighted by Crippen LogP contribution is 2.09. The van der Waals surface area contributed by atoms with Gasteiger partial charge in [-0.05, 0) is 13.0 Å². The first kappa shape index (κ1) is 9.22. The van der Waals surface area contributed by atoms with Crippen molar-refractivity contribution < 1.29 is 19.4 Å². The van der Waals surface area contributed by atoms with Gasteiger partial charge in [0.2, 0.25) is 0 Å². The first-order valence-electron chi connectivity index (χ1n) is 3.80. The van der Waals surface area contributed by atoms with Crippen molar-refractivity contribution in [3.63, 3.8) is 0 Å². The fourth-order valence-corrected chi connectivity index (χ4v) is 0.667. The zero-order valence-corrected chi connectivity index (χ0v) is 6.95. The fourth-order valence-electron chi connectivity index (χ4n) is 0.667. The second-order valence-electron chi connectivity index (χ2n) is 2.62. The average Bonchev–Trinajstić information content (AvgIpc) is 2.83. The quantitative estimate of drug-likeness (QED) is 0.364.